The van der Waals surface area contributed by atoms with Gasteiger partial charge in [-0.3, -0.25) is 4.79 Å². The first-order valence-electron chi connectivity index (χ1n) is 7.87. The predicted octanol–water partition coefficient (Wildman–Crippen LogP) is 3.24. The zero-order chi connectivity index (χ0) is 18.7. The SMILES string of the molecule is COc1ccc(Br)cc1Cn1nnc(C(=O)Nc2cccc(C)c2)c1N. The molecule has 0 fully saturated rings. The zero-order valence-electron chi connectivity index (χ0n) is 14.4. The Bertz CT molecular complexity index is 955. The summed E-state index contributed by atoms with van der Waals surface area (Å²) in [5.41, 5.74) is 8.76. The van der Waals surface area contributed by atoms with Gasteiger partial charge in [-0.25, -0.2) is 4.68 Å². The molecule has 1 aromatic heterocycles. The summed E-state index contributed by atoms with van der Waals surface area (Å²) < 4.78 is 7.73. The van der Waals surface area contributed by atoms with E-state index in [0.717, 1.165) is 15.6 Å². The molecule has 134 valence electrons. The summed E-state index contributed by atoms with van der Waals surface area (Å²) in [5, 5.41) is 10.7. The van der Waals surface area contributed by atoms with Crippen molar-refractivity contribution in [1.82, 2.24) is 15.0 Å². The molecular weight excluding hydrogens is 398 g/mol. The van der Waals surface area contributed by atoms with Crippen LogP contribution in [0.4, 0.5) is 11.5 Å². The molecule has 0 unspecified atom stereocenters. The molecule has 7 nitrogen and oxygen atoms in total. The minimum absolute atomic E-state index is 0.0838. The van der Waals surface area contributed by atoms with Crippen molar-refractivity contribution in [2.75, 3.05) is 18.2 Å². The standard InChI is InChI=1S/C18H18BrN5O2/c1-11-4-3-5-14(8-11)21-18(25)16-17(20)24(23-22-16)10-12-9-13(19)6-7-15(12)26-2/h3-9H,10,20H2,1-2H3,(H,21,25). The molecule has 0 aliphatic heterocycles. The van der Waals surface area contributed by atoms with Gasteiger partial charge in [0.05, 0.1) is 13.7 Å². The molecule has 0 spiro atoms. The van der Waals surface area contributed by atoms with E-state index in [9.17, 15) is 4.79 Å². The van der Waals surface area contributed by atoms with E-state index in [-0.39, 0.29) is 11.5 Å². The van der Waals surface area contributed by atoms with Crippen molar-refractivity contribution in [3.63, 3.8) is 0 Å². The summed E-state index contributed by atoms with van der Waals surface area (Å²) >= 11 is 3.43. The first-order chi connectivity index (χ1) is 12.5. The number of rotatable bonds is 5. The van der Waals surface area contributed by atoms with Crippen LogP contribution in [-0.4, -0.2) is 28.0 Å². The molecule has 3 rings (SSSR count). The number of nitrogens with two attached hydrogens (primary N) is 1. The Kier molecular flexibility index (Phi) is 5.22. The molecular formula is C18H18BrN5O2. The van der Waals surface area contributed by atoms with Gasteiger partial charge in [-0.15, -0.1) is 5.10 Å². The number of nitrogens with zero attached hydrogens (tertiary/aromatic N) is 3. The van der Waals surface area contributed by atoms with Gasteiger partial charge in [-0.05, 0) is 42.8 Å². The van der Waals surface area contributed by atoms with Gasteiger partial charge in [0.1, 0.15) is 5.75 Å². The van der Waals surface area contributed by atoms with Crippen molar-refractivity contribution in [3.05, 3.63) is 63.8 Å². The smallest absolute Gasteiger partial charge is 0.280 e. The number of halogens is 1. The highest BCUT2D eigenvalue weighted by Gasteiger charge is 2.18. The molecule has 0 saturated heterocycles. The van der Waals surface area contributed by atoms with E-state index in [1.807, 2.05) is 43.3 Å². The predicted molar refractivity (Wildman–Crippen MR) is 103 cm³/mol. The summed E-state index contributed by atoms with van der Waals surface area (Å²) in [5.74, 6) is 0.492. The number of hydrogen-bond donors (Lipinski definition) is 2. The number of carbonyl (C=O) groups is 1. The molecule has 3 aromatic rings. The maximum Gasteiger partial charge on any atom is 0.280 e. The van der Waals surface area contributed by atoms with Gasteiger partial charge in [0, 0.05) is 15.7 Å². The van der Waals surface area contributed by atoms with Crippen LogP contribution < -0.4 is 15.8 Å². The molecule has 0 radical (unpaired) electrons. The molecule has 3 N–H and O–H groups in total. The van der Waals surface area contributed by atoms with Crippen LogP contribution in [0.5, 0.6) is 5.75 Å². The summed E-state index contributed by atoms with van der Waals surface area (Å²) in [6.07, 6.45) is 0. The second-order valence-electron chi connectivity index (χ2n) is 5.76. The number of aryl methyl sites for hydroxylation is 1. The molecule has 26 heavy (non-hydrogen) atoms. The van der Waals surface area contributed by atoms with Crippen LogP contribution >= 0.6 is 15.9 Å². The van der Waals surface area contributed by atoms with E-state index in [0.29, 0.717) is 18.0 Å². The molecule has 0 saturated carbocycles. The lowest BCUT2D eigenvalue weighted by molar-refractivity contribution is 0.102. The van der Waals surface area contributed by atoms with Gasteiger partial charge in [0.25, 0.3) is 5.91 Å². The lowest BCUT2D eigenvalue weighted by Crippen LogP contribution is -2.15. The monoisotopic (exact) mass is 415 g/mol. The summed E-state index contributed by atoms with van der Waals surface area (Å²) in [6, 6.07) is 13.1. The first kappa shape index (κ1) is 17.9. The molecule has 2 aromatic carbocycles. The van der Waals surface area contributed by atoms with Crippen molar-refractivity contribution >= 4 is 33.3 Å². The fourth-order valence-corrected chi connectivity index (χ4v) is 2.95. The van der Waals surface area contributed by atoms with E-state index in [1.54, 1.807) is 13.2 Å². The normalized spacial score (nSPS) is 10.6. The number of anilines is 2. The lowest BCUT2D eigenvalue weighted by atomic mass is 10.2. The highest BCUT2D eigenvalue weighted by molar-refractivity contribution is 9.10. The van der Waals surface area contributed by atoms with Crippen molar-refractivity contribution in [3.8, 4) is 5.75 Å². The Morgan fingerprint density at radius 2 is 2.12 bits per heavy atom. The molecule has 0 aliphatic carbocycles. The highest BCUT2D eigenvalue weighted by Crippen LogP contribution is 2.24. The summed E-state index contributed by atoms with van der Waals surface area (Å²) in [4.78, 5) is 12.5. The van der Waals surface area contributed by atoms with Gasteiger partial charge >= 0.3 is 0 Å². The number of aromatic nitrogens is 3. The molecule has 8 heteroatoms. The van der Waals surface area contributed by atoms with Crippen molar-refractivity contribution in [1.29, 1.82) is 0 Å². The van der Waals surface area contributed by atoms with E-state index in [1.165, 1.54) is 4.68 Å². The Labute approximate surface area is 159 Å². The molecule has 0 aliphatic rings. The number of nitrogens with one attached hydrogen (secondary N) is 1. The molecule has 1 heterocycles. The fraction of sp³-hybridized carbons (Fsp3) is 0.167. The molecule has 0 bridgehead atoms. The van der Waals surface area contributed by atoms with E-state index in [4.69, 9.17) is 10.5 Å². The zero-order valence-corrected chi connectivity index (χ0v) is 15.9. The summed E-state index contributed by atoms with van der Waals surface area (Å²) in [6.45, 7) is 2.28. The minimum Gasteiger partial charge on any atom is -0.496 e. The number of ether oxygens (including phenoxy) is 1. The van der Waals surface area contributed by atoms with Gasteiger partial charge in [-0.2, -0.15) is 0 Å². The van der Waals surface area contributed by atoms with Crippen LogP contribution in [0.3, 0.4) is 0 Å². The fourth-order valence-electron chi connectivity index (χ4n) is 2.54. The van der Waals surface area contributed by atoms with Gasteiger partial charge in [-0.1, -0.05) is 33.3 Å². The first-order valence-corrected chi connectivity index (χ1v) is 8.66. The Morgan fingerprint density at radius 1 is 1.31 bits per heavy atom. The van der Waals surface area contributed by atoms with Crippen LogP contribution in [0.25, 0.3) is 0 Å². The van der Waals surface area contributed by atoms with Crippen LogP contribution in [-0.2, 0) is 6.54 Å². The summed E-state index contributed by atoms with van der Waals surface area (Å²) in [7, 11) is 1.60. The van der Waals surface area contributed by atoms with Crippen LogP contribution in [0.2, 0.25) is 0 Å². The average molecular weight is 416 g/mol. The second kappa shape index (κ2) is 7.57. The van der Waals surface area contributed by atoms with E-state index >= 15 is 0 Å². The maximum absolute atomic E-state index is 12.5. The van der Waals surface area contributed by atoms with Crippen molar-refractivity contribution in [2.45, 2.75) is 13.5 Å². The largest absolute Gasteiger partial charge is 0.496 e. The number of hydrogen-bond acceptors (Lipinski definition) is 5. The molecule has 0 atom stereocenters. The van der Waals surface area contributed by atoms with Crippen LogP contribution in [0.15, 0.2) is 46.9 Å². The number of amides is 1. The van der Waals surface area contributed by atoms with Gasteiger partial charge < -0.3 is 15.8 Å². The number of carbonyl (C=O) groups excluding carboxylic acids is 1. The lowest BCUT2D eigenvalue weighted by Gasteiger charge is -2.10. The number of benzene rings is 2. The second-order valence-corrected chi connectivity index (χ2v) is 6.68. The number of methoxy groups -OCH3 is 1. The highest BCUT2D eigenvalue weighted by atomic mass is 79.9. The van der Waals surface area contributed by atoms with Crippen molar-refractivity contribution in [2.24, 2.45) is 0 Å². The van der Waals surface area contributed by atoms with Crippen LogP contribution in [0, 0.1) is 6.92 Å². The molecule has 1 amide bonds. The minimum atomic E-state index is -0.402. The third-order valence-corrected chi connectivity index (χ3v) is 4.32. The van der Waals surface area contributed by atoms with Gasteiger partial charge in [0.15, 0.2) is 11.5 Å². The van der Waals surface area contributed by atoms with E-state index in [2.05, 4.69) is 31.6 Å². The van der Waals surface area contributed by atoms with Crippen molar-refractivity contribution < 1.29 is 9.53 Å². The quantitative estimate of drug-likeness (QED) is 0.666. The Hall–Kier alpha value is -2.87. The Balaban J connectivity index is 1.82. The maximum atomic E-state index is 12.5. The third-order valence-electron chi connectivity index (χ3n) is 3.83. The Morgan fingerprint density at radius 3 is 2.85 bits per heavy atom. The van der Waals surface area contributed by atoms with E-state index < -0.39 is 5.91 Å². The number of nitrogen functional groups attached to an aromatic ring is 1. The van der Waals surface area contributed by atoms with Crippen LogP contribution in [0.1, 0.15) is 21.6 Å². The topological polar surface area (TPSA) is 95.1 Å². The third kappa shape index (κ3) is 3.85. The average Bonchev–Trinajstić information content (AvgIpc) is 2.96. The van der Waals surface area contributed by atoms with Gasteiger partial charge in [0.2, 0.25) is 0 Å².